The molecule has 0 bridgehead atoms. The summed E-state index contributed by atoms with van der Waals surface area (Å²) in [6.45, 7) is 0. The molecule has 29 heavy (non-hydrogen) atoms. The molecule has 2 aromatic carbocycles. The van der Waals surface area contributed by atoms with Crippen LogP contribution in [-0.2, 0) is 6.18 Å². The van der Waals surface area contributed by atoms with Gasteiger partial charge in [0.2, 0.25) is 11.8 Å². The molecule has 0 spiro atoms. The number of rotatable bonds is 4. The van der Waals surface area contributed by atoms with E-state index in [1.165, 1.54) is 43.0 Å². The standard InChI is InChI=1S/C19H12F3N5O2/c20-19(21,22)13-3-1-2-12(16(23)28)14(13)10-4-6-11(7-5-10)29-18-15-17(25-8-24-15)26-9-27-18/h1-9H,(H2,23,28)(H,24,25,26,27). The van der Waals surface area contributed by atoms with Crippen molar-refractivity contribution in [1.29, 1.82) is 0 Å². The van der Waals surface area contributed by atoms with Gasteiger partial charge in [-0.15, -0.1) is 0 Å². The first-order chi connectivity index (χ1) is 13.8. The molecular weight excluding hydrogens is 387 g/mol. The Kier molecular flexibility index (Phi) is 4.38. The van der Waals surface area contributed by atoms with Crippen LogP contribution in [0.25, 0.3) is 22.3 Å². The van der Waals surface area contributed by atoms with Crippen LogP contribution in [-0.4, -0.2) is 25.8 Å². The number of aromatic nitrogens is 4. The Morgan fingerprint density at radius 2 is 1.79 bits per heavy atom. The summed E-state index contributed by atoms with van der Waals surface area (Å²) < 4.78 is 46.1. The molecule has 4 aromatic rings. The zero-order valence-corrected chi connectivity index (χ0v) is 14.6. The van der Waals surface area contributed by atoms with Gasteiger partial charge in [-0.25, -0.2) is 9.97 Å². The van der Waals surface area contributed by atoms with Crippen molar-refractivity contribution in [3.05, 3.63) is 66.2 Å². The quantitative estimate of drug-likeness (QED) is 0.541. The lowest BCUT2D eigenvalue weighted by atomic mass is 9.93. The van der Waals surface area contributed by atoms with Crippen LogP contribution in [0, 0.1) is 0 Å². The van der Waals surface area contributed by atoms with Crippen LogP contribution in [0.2, 0.25) is 0 Å². The molecule has 146 valence electrons. The van der Waals surface area contributed by atoms with Gasteiger partial charge < -0.3 is 15.5 Å². The van der Waals surface area contributed by atoms with Gasteiger partial charge in [-0.3, -0.25) is 4.79 Å². The number of hydrogen-bond donors (Lipinski definition) is 2. The Labute approximate surface area is 161 Å². The van der Waals surface area contributed by atoms with Crippen molar-refractivity contribution in [2.45, 2.75) is 6.18 Å². The average Bonchev–Trinajstić information content (AvgIpc) is 3.17. The molecule has 0 aliphatic rings. The Bertz CT molecular complexity index is 1200. The smallest absolute Gasteiger partial charge is 0.417 e. The molecule has 3 N–H and O–H groups in total. The number of aromatic amines is 1. The summed E-state index contributed by atoms with van der Waals surface area (Å²) in [6.07, 6.45) is -1.93. The van der Waals surface area contributed by atoms with Gasteiger partial charge in [0.15, 0.2) is 5.65 Å². The van der Waals surface area contributed by atoms with Crippen molar-refractivity contribution < 1.29 is 22.7 Å². The average molecular weight is 399 g/mol. The summed E-state index contributed by atoms with van der Waals surface area (Å²) in [7, 11) is 0. The number of ether oxygens (including phenoxy) is 1. The number of nitrogens with one attached hydrogen (secondary N) is 1. The highest BCUT2D eigenvalue weighted by molar-refractivity contribution is 6.00. The van der Waals surface area contributed by atoms with Crippen molar-refractivity contribution in [2.75, 3.05) is 0 Å². The van der Waals surface area contributed by atoms with Gasteiger partial charge >= 0.3 is 6.18 Å². The minimum atomic E-state index is -4.65. The number of H-pyrrole nitrogens is 1. The topological polar surface area (TPSA) is 107 Å². The van der Waals surface area contributed by atoms with E-state index >= 15 is 0 Å². The molecular formula is C19H12F3N5O2. The number of nitrogens with two attached hydrogens (primary N) is 1. The Morgan fingerprint density at radius 1 is 1.03 bits per heavy atom. The second-order valence-corrected chi connectivity index (χ2v) is 6.00. The van der Waals surface area contributed by atoms with E-state index in [0.717, 1.165) is 12.1 Å². The minimum Gasteiger partial charge on any atom is -0.437 e. The van der Waals surface area contributed by atoms with Crippen LogP contribution < -0.4 is 10.5 Å². The van der Waals surface area contributed by atoms with Gasteiger partial charge in [-0.1, -0.05) is 18.2 Å². The molecule has 0 aliphatic heterocycles. The monoisotopic (exact) mass is 399 g/mol. The van der Waals surface area contributed by atoms with Crippen LogP contribution in [0.3, 0.4) is 0 Å². The van der Waals surface area contributed by atoms with E-state index in [2.05, 4.69) is 19.9 Å². The number of carbonyl (C=O) groups excluding carboxylic acids is 1. The Balaban J connectivity index is 1.73. The molecule has 0 fully saturated rings. The third kappa shape index (κ3) is 3.47. The van der Waals surface area contributed by atoms with Gasteiger partial charge in [0.25, 0.3) is 0 Å². The lowest BCUT2D eigenvalue weighted by Gasteiger charge is -2.16. The fraction of sp³-hybridized carbons (Fsp3) is 0.0526. The predicted molar refractivity (Wildman–Crippen MR) is 97.2 cm³/mol. The molecule has 0 saturated heterocycles. The van der Waals surface area contributed by atoms with E-state index in [-0.39, 0.29) is 22.6 Å². The number of hydrogen-bond acceptors (Lipinski definition) is 5. The van der Waals surface area contributed by atoms with Crippen molar-refractivity contribution >= 4 is 17.1 Å². The van der Waals surface area contributed by atoms with Crippen molar-refractivity contribution in [3.8, 4) is 22.8 Å². The molecule has 0 radical (unpaired) electrons. The summed E-state index contributed by atoms with van der Waals surface area (Å²) in [5.74, 6) is -0.406. The summed E-state index contributed by atoms with van der Waals surface area (Å²) in [6, 6.07) is 9.08. The highest BCUT2D eigenvalue weighted by Gasteiger charge is 2.35. The highest BCUT2D eigenvalue weighted by atomic mass is 19.4. The van der Waals surface area contributed by atoms with Crippen LogP contribution >= 0.6 is 0 Å². The summed E-state index contributed by atoms with van der Waals surface area (Å²) in [4.78, 5) is 26.5. The van der Waals surface area contributed by atoms with Crippen LogP contribution in [0.1, 0.15) is 15.9 Å². The highest BCUT2D eigenvalue weighted by Crippen LogP contribution is 2.39. The van der Waals surface area contributed by atoms with E-state index in [1.807, 2.05) is 0 Å². The molecule has 10 heteroatoms. The number of fused-ring (bicyclic) bond motifs is 1. The molecule has 0 atom stereocenters. The first kappa shape index (κ1) is 18.4. The maximum absolute atomic E-state index is 13.5. The molecule has 0 aliphatic carbocycles. The number of carbonyl (C=O) groups is 1. The minimum absolute atomic E-state index is 0.174. The van der Waals surface area contributed by atoms with Gasteiger partial charge in [0.1, 0.15) is 17.6 Å². The molecule has 0 saturated carbocycles. The first-order valence-electron chi connectivity index (χ1n) is 8.27. The number of amides is 1. The van der Waals surface area contributed by atoms with Crippen LogP contribution in [0.4, 0.5) is 13.2 Å². The summed E-state index contributed by atoms with van der Waals surface area (Å²) >= 11 is 0. The van der Waals surface area contributed by atoms with Crippen molar-refractivity contribution in [3.63, 3.8) is 0 Å². The normalized spacial score (nSPS) is 11.6. The number of nitrogens with zero attached hydrogens (tertiary/aromatic N) is 3. The Morgan fingerprint density at radius 3 is 2.48 bits per heavy atom. The largest absolute Gasteiger partial charge is 0.437 e. The van der Waals surface area contributed by atoms with E-state index < -0.39 is 17.6 Å². The van der Waals surface area contributed by atoms with Gasteiger partial charge in [-0.05, 0) is 29.8 Å². The third-order valence-electron chi connectivity index (χ3n) is 4.18. The number of halogens is 3. The summed E-state index contributed by atoms with van der Waals surface area (Å²) in [5.41, 5.74) is 4.91. The van der Waals surface area contributed by atoms with E-state index in [0.29, 0.717) is 16.9 Å². The van der Waals surface area contributed by atoms with E-state index in [4.69, 9.17) is 10.5 Å². The number of benzene rings is 2. The fourth-order valence-electron chi connectivity index (χ4n) is 2.93. The molecule has 4 rings (SSSR count). The maximum atomic E-state index is 13.5. The zero-order chi connectivity index (χ0) is 20.6. The SMILES string of the molecule is NC(=O)c1cccc(C(F)(F)F)c1-c1ccc(Oc2ncnc3nc[nH]c23)cc1. The predicted octanol–water partition coefficient (Wildman–Crippen LogP) is 3.93. The Hall–Kier alpha value is -3.95. The third-order valence-corrected chi connectivity index (χ3v) is 4.18. The molecule has 2 heterocycles. The lowest BCUT2D eigenvalue weighted by Crippen LogP contribution is -2.16. The molecule has 1 amide bonds. The first-order valence-corrected chi connectivity index (χ1v) is 8.27. The van der Waals surface area contributed by atoms with Crippen molar-refractivity contribution in [1.82, 2.24) is 19.9 Å². The van der Waals surface area contributed by atoms with Gasteiger partial charge in [0, 0.05) is 11.1 Å². The van der Waals surface area contributed by atoms with Crippen LogP contribution in [0.15, 0.2) is 55.1 Å². The molecule has 0 unspecified atom stereocenters. The zero-order valence-electron chi connectivity index (χ0n) is 14.6. The molecule has 7 nitrogen and oxygen atoms in total. The van der Waals surface area contributed by atoms with Gasteiger partial charge in [0.05, 0.1) is 11.9 Å². The van der Waals surface area contributed by atoms with Crippen molar-refractivity contribution in [2.24, 2.45) is 5.73 Å². The van der Waals surface area contributed by atoms with Crippen LogP contribution in [0.5, 0.6) is 11.6 Å². The number of alkyl halides is 3. The van der Waals surface area contributed by atoms with Gasteiger partial charge in [-0.2, -0.15) is 18.2 Å². The lowest BCUT2D eigenvalue weighted by molar-refractivity contribution is -0.137. The maximum Gasteiger partial charge on any atom is 0.417 e. The summed E-state index contributed by atoms with van der Waals surface area (Å²) in [5, 5.41) is 0. The van der Waals surface area contributed by atoms with E-state index in [9.17, 15) is 18.0 Å². The fourth-order valence-corrected chi connectivity index (χ4v) is 2.93. The second kappa shape index (κ2) is 6.89. The van der Waals surface area contributed by atoms with E-state index in [1.54, 1.807) is 0 Å². The molecule has 2 aromatic heterocycles. The number of primary amides is 1. The number of imidazole rings is 1. The second-order valence-electron chi connectivity index (χ2n) is 6.00.